The molecule has 0 radical (unpaired) electrons. The maximum Gasteiger partial charge on any atom is 0.232 e. The van der Waals surface area contributed by atoms with Crippen molar-refractivity contribution in [3.63, 3.8) is 0 Å². The highest BCUT2D eigenvalue weighted by molar-refractivity contribution is 5.87. The van der Waals surface area contributed by atoms with Crippen molar-refractivity contribution in [2.24, 2.45) is 0 Å². The summed E-state index contributed by atoms with van der Waals surface area (Å²) in [4.78, 5) is 17.2. The standard InChI is InChI=1S/C22H27FN2O2/c1-22(2,18-8-6-9-19(23)15-18)21(26)24(3)16-17-7-4-5-10-20(17)25-11-13-27-14-12-25/h4-10,15H,11-14,16H2,1-3H3. The summed E-state index contributed by atoms with van der Waals surface area (Å²) in [6.07, 6.45) is 0. The molecule has 0 aromatic heterocycles. The SMILES string of the molecule is CN(Cc1ccccc1N1CCOCC1)C(=O)C(C)(C)c1cccc(F)c1. The summed E-state index contributed by atoms with van der Waals surface area (Å²) < 4.78 is 19.1. The quantitative estimate of drug-likeness (QED) is 0.806. The smallest absolute Gasteiger partial charge is 0.232 e. The zero-order valence-electron chi connectivity index (χ0n) is 16.2. The highest BCUT2D eigenvalue weighted by Crippen LogP contribution is 2.28. The van der Waals surface area contributed by atoms with E-state index in [0.29, 0.717) is 12.1 Å². The van der Waals surface area contributed by atoms with Gasteiger partial charge in [-0.15, -0.1) is 0 Å². The molecule has 1 aliphatic rings. The summed E-state index contributed by atoms with van der Waals surface area (Å²) in [6, 6.07) is 14.5. The van der Waals surface area contributed by atoms with Crippen LogP contribution in [0.5, 0.6) is 0 Å². The molecule has 144 valence electrons. The lowest BCUT2D eigenvalue weighted by atomic mass is 9.83. The fourth-order valence-electron chi connectivity index (χ4n) is 3.56. The molecule has 0 N–H and O–H groups in total. The van der Waals surface area contributed by atoms with Crippen LogP contribution in [0.1, 0.15) is 25.0 Å². The van der Waals surface area contributed by atoms with Crippen molar-refractivity contribution in [3.05, 3.63) is 65.5 Å². The van der Waals surface area contributed by atoms with Gasteiger partial charge in [-0.1, -0.05) is 30.3 Å². The van der Waals surface area contributed by atoms with Crippen LogP contribution in [-0.4, -0.2) is 44.2 Å². The molecule has 27 heavy (non-hydrogen) atoms. The van der Waals surface area contributed by atoms with Crippen LogP contribution in [0.4, 0.5) is 10.1 Å². The van der Waals surface area contributed by atoms with Crippen molar-refractivity contribution in [2.75, 3.05) is 38.3 Å². The summed E-state index contributed by atoms with van der Waals surface area (Å²) in [5.41, 5.74) is 2.13. The number of carbonyl (C=O) groups excluding carboxylic acids is 1. The Hall–Kier alpha value is -2.40. The number of hydrogen-bond donors (Lipinski definition) is 0. The molecule has 0 saturated carbocycles. The van der Waals surface area contributed by atoms with Crippen LogP contribution >= 0.6 is 0 Å². The predicted molar refractivity (Wildman–Crippen MR) is 105 cm³/mol. The second-order valence-corrected chi connectivity index (χ2v) is 7.52. The number of anilines is 1. The number of benzene rings is 2. The van der Waals surface area contributed by atoms with Gasteiger partial charge in [0, 0.05) is 32.4 Å². The van der Waals surface area contributed by atoms with E-state index in [1.54, 1.807) is 24.1 Å². The number of para-hydroxylation sites is 1. The van der Waals surface area contributed by atoms with Gasteiger partial charge in [0.1, 0.15) is 5.82 Å². The number of rotatable bonds is 5. The minimum absolute atomic E-state index is 0.0371. The molecule has 4 nitrogen and oxygen atoms in total. The van der Waals surface area contributed by atoms with Gasteiger partial charge >= 0.3 is 0 Å². The second-order valence-electron chi connectivity index (χ2n) is 7.52. The fraction of sp³-hybridized carbons (Fsp3) is 0.409. The molecule has 1 aliphatic heterocycles. The zero-order valence-corrected chi connectivity index (χ0v) is 16.2. The number of hydrogen-bond acceptors (Lipinski definition) is 3. The van der Waals surface area contributed by atoms with E-state index >= 15 is 0 Å². The molecule has 1 heterocycles. The van der Waals surface area contributed by atoms with Crippen LogP contribution in [0.3, 0.4) is 0 Å². The van der Waals surface area contributed by atoms with Crippen LogP contribution in [0.15, 0.2) is 48.5 Å². The molecule has 5 heteroatoms. The molecule has 2 aromatic rings. The van der Waals surface area contributed by atoms with E-state index in [9.17, 15) is 9.18 Å². The van der Waals surface area contributed by atoms with Crippen molar-refractivity contribution >= 4 is 11.6 Å². The molecular weight excluding hydrogens is 343 g/mol. The normalized spacial score (nSPS) is 14.9. The fourth-order valence-corrected chi connectivity index (χ4v) is 3.56. The third kappa shape index (κ3) is 4.30. The minimum atomic E-state index is -0.801. The maximum absolute atomic E-state index is 13.6. The molecular formula is C22H27FN2O2. The highest BCUT2D eigenvalue weighted by Gasteiger charge is 2.33. The number of carbonyl (C=O) groups is 1. The van der Waals surface area contributed by atoms with Crippen LogP contribution < -0.4 is 4.90 Å². The molecule has 0 atom stereocenters. The Morgan fingerprint density at radius 1 is 1.15 bits per heavy atom. The molecule has 0 spiro atoms. The van der Waals surface area contributed by atoms with Gasteiger partial charge in [0.05, 0.1) is 18.6 Å². The summed E-state index contributed by atoms with van der Waals surface area (Å²) in [5, 5.41) is 0. The minimum Gasteiger partial charge on any atom is -0.378 e. The summed E-state index contributed by atoms with van der Waals surface area (Å²) in [7, 11) is 1.81. The first-order valence-corrected chi connectivity index (χ1v) is 9.32. The maximum atomic E-state index is 13.6. The van der Waals surface area contributed by atoms with Gasteiger partial charge in [-0.3, -0.25) is 4.79 Å². The first kappa shape index (κ1) is 19.4. The number of halogens is 1. The molecule has 3 rings (SSSR count). The van der Waals surface area contributed by atoms with Crippen molar-refractivity contribution in [1.82, 2.24) is 4.90 Å². The first-order chi connectivity index (χ1) is 12.9. The Kier molecular flexibility index (Phi) is 5.80. The van der Waals surface area contributed by atoms with Crippen LogP contribution in [-0.2, 0) is 21.5 Å². The second kappa shape index (κ2) is 8.09. The lowest BCUT2D eigenvalue weighted by Crippen LogP contribution is -2.41. The third-order valence-corrected chi connectivity index (χ3v) is 5.18. The van der Waals surface area contributed by atoms with Crippen LogP contribution in [0.25, 0.3) is 0 Å². The Morgan fingerprint density at radius 2 is 1.85 bits per heavy atom. The Bertz CT molecular complexity index is 800. The number of morpholine rings is 1. The van der Waals surface area contributed by atoms with Crippen molar-refractivity contribution in [2.45, 2.75) is 25.8 Å². The third-order valence-electron chi connectivity index (χ3n) is 5.18. The van der Waals surface area contributed by atoms with Crippen molar-refractivity contribution in [3.8, 4) is 0 Å². The van der Waals surface area contributed by atoms with E-state index < -0.39 is 5.41 Å². The van der Waals surface area contributed by atoms with Gasteiger partial charge in [0.25, 0.3) is 0 Å². The highest BCUT2D eigenvalue weighted by atomic mass is 19.1. The molecule has 1 saturated heterocycles. The number of amides is 1. The monoisotopic (exact) mass is 370 g/mol. The average molecular weight is 370 g/mol. The van der Waals surface area contributed by atoms with Gasteiger partial charge in [0.15, 0.2) is 0 Å². The largest absolute Gasteiger partial charge is 0.378 e. The predicted octanol–water partition coefficient (Wildman–Crippen LogP) is 3.60. The summed E-state index contributed by atoms with van der Waals surface area (Å²) in [6.45, 7) is 7.33. The summed E-state index contributed by atoms with van der Waals surface area (Å²) in [5.74, 6) is -0.362. The van der Waals surface area contributed by atoms with Crippen LogP contribution in [0, 0.1) is 5.82 Å². The van der Waals surface area contributed by atoms with Crippen molar-refractivity contribution < 1.29 is 13.9 Å². The van der Waals surface area contributed by atoms with Gasteiger partial charge < -0.3 is 14.5 Å². The molecule has 0 unspecified atom stereocenters. The van der Waals surface area contributed by atoms with Gasteiger partial charge in [-0.2, -0.15) is 0 Å². The van der Waals surface area contributed by atoms with Gasteiger partial charge in [0.2, 0.25) is 5.91 Å². The molecule has 1 fully saturated rings. The lowest BCUT2D eigenvalue weighted by molar-refractivity contribution is -0.135. The molecule has 2 aromatic carbocycles. The Morgan fingerprint density at radius 3 is 2.56 bits per heavy atom. The van der Waals surface area contributed by atoms with E-state index in [0.717, 1.165) is 37.6 Å². The Balaban J connectivity index is 1.79. The Labute approximate surface area is 160 Å². The van der Waals surface area contributed by atoms with Crippen molar-refractivity contribution in [1.29, 1.82) is 0 Å². The van der Waals surface area contributed by atoms with Gasteiger partial charge in [-0.25, -0.2) is 4.39 Å². The summed E-state index contributed by atoms with van der Waals surface area (Å²) >= 11 is 0. The van der Waals surface area contributed by atoms with E-state index in [4.69, 9.17) is 4.74 Å². The van der Waals surface area contributed by atoms with E-state index in [-0.39, 0.29) is 11.7 Å². The number of nitrogens with zero attached hydrogens (tertiary/aromatic N) is 2. The zero-order chi connectivity index (χ0) is 19.4. The van der Waals surface area contributed by atoms with E-state index in [1.807, 2.05) is 26.0 Å². The average Bonchev–Trinajstić information content (AvgIpc) is 2.68. The lowest BCUT2D eigenvalue weighted by Gasteiger charge is -2.33. The van der Waals surface area contributed by atoms with E-state index in [2.05, 4.69) is 17.0 Å². The topological polar surface area (TPSA) is 32.8 Å². The molecule has 0 aliphatic carbocycles. The van der Waals surface area contributed by atoms with Gasteiger partial charge in [-0.05, 0) is 43.2 Å². The van der Waals surface area contributed by atoms with E-state index in [1.165, 1.54) is 12.1 Å². The van der Waals surface area contributed by atoms with Crippen LogP contribution in [0.2, 0.25) is 0 Å². The first-order valence-electron chi connectivity index (χ1n) is 9.32. The molecule has 0 bridgehead atoms. The number of ether oxygens (including phenoxy) is 1. The molecule has 1 amide bonds. The number of likely N-dealkylation sites (N-methyl/N-ethyl adjacent to an activating group) is 1.